The Kier molecular flexibility index (Phi) is 6.45. The van der Waals surface area contributed by atoms with E-state index >= 15 is 0 Å². The van der Waals surface area contributed by atoms with Gasteiger partial charge in [0.15, 0.2) is 5.96 Å². The van der Waals surface area contributed by atoms with Crippen LogP contribution >= 0.6 is 0 Å². The first-order valence-corrected chi connectivity index (χ1v) is 8.17. The summed E-state index contributed by atoms with van der Waals surface area (Å²) in [4.78, 5) is 22.6. The van der Waals surface area contributed by atoms with Crippen molar-refractivity contribution in [3.05, 3.63) is 0 Å². The molecule has 0 saturated carbocycles. The molecule has 1 atom stereocenters. The second-order valence-corrected chi connectivity index (χ2v) is 6.12. The Morgan fingerprint density at radius 1 is 1.32 bits per heavy atom. The number of guanidine groups is 1. The van der Waals surface area contributed by atoms with Crippen molar-refractivity contribution in [3.8, 4) is 0 Å². The summed E-state index contributed by atoms with van der Waals surface area (Å²) < 4.78 is 5.30. The Morgan fingerprint density at radius 3 is 2.73 bits per heavy atom. The Hall–Kier alpha value is -1.34. The van der Waals surface area contributed by atoms with Crippen LogP contribution < -0.4 is 5.73 Å². The molecule has 2 aliphatic heterocycles. The second-order valence-electron chi connectivity index (χ2n) is 6.12. The van der Waals surface area contributed by atoms with Crippen molar-refractivity contribution in [1.82, 2.24) is 14.7 Å². The van der Waals surface area contributed by atoms with Crippen LogP contribution in [0, 0.1) is 0 Å². The number of nitrogens with two attached hydrogens (primary N) is 1. The Balaban J connectivity index is 1.72. The summed E-state index contributed by atoms with van der Waals surface area (Å²) in [5.41, 5.74) is 6.00. The van der Waals surface area contributed by atoms with Gasteiger partial charge in [0.05, 0.1) is 19.3 Å². The summed E-state index contributed by atoms with van der Waals surface area (Å²) in [5, 5.41) is 0. The van der Waals surface area contributed by atoms with Crippen LogP contribution in [0.4, 0.5) is 0 Å². The lowest BCUT2D eigenvalue weighted by molar-refractivity contribution is -0.133. The van der Waals surface area contributed by atoms with E-state index in [9.17, 15) is 4.79 Å². The van der Waals surface area contributed by atoms with Gasteiger partial charge in [-0.1, -0.05) is 0 Å². The van der Waals surface area contributed by atoms with Gasteiger partial charge >= 0.3 is 0 Å². The zero-order chi connectivity index (χ0) is 15.9. The molecule has 7 heteroatoms. The average Bonchev–Trinajstić information content (AvgIpc) is 2.99. The Morgan fingerprint density at radius 2 is 2.05 bits per heavy atom. The topological polar surface area (TPSA) is 74.4 Å². The van der Waals surface area contributed by atoms with Crippen LogP contribution in [0.1, 0.15) is 19.3 Å². The van der Waals surface area contributed by atoms with E-state index in [0.717, 1.165) is 58.7 Å². The highest BCUT2D eigenvalue weighted by atomic mass is 16.5. The number of likely N-dealkylation sites (N-methyl/N-ethyl adjacent to an activating group) is 1. The first kappa shape index (κ1) is 17.0. The maximum absolute atomic E-state index is 12.1. The quantitative estimate of drug-likeness (QED) is 0.424. The lowest BCUT2D eigenvalue weighted by Gasteiger charge is -2.28. The van der Waals surface area contributed by atoms with Crippen molar-refractivity contribution in [2.45, 2.75) is 25.3 Å². The molecule has 7 nitrogen and oxygen atoms in total. The summed E-state index contributed by atoms with van der Waals surface area (Å²) >= 11 is 0. The Labute approximate surface area is 133 Å². The van der Waals surface area contributed by atoms with E-state index < -0.39 is 0 Å². The molecule has 0 aromatic carbocycles. The second kappa shape index (κ2) is 8.33. The molecule has 2 saturated heterocycles. The predicted octanol–water partition coefficient (Wildman–Crippen LogP) is -0.424. The van der Waals surface area contributed by atoms with Crippen molar-refractivity contribution in [2.24, 2.45) is 10.7 Å². The highest BCUT2D eigenvalue weighted by Crippen LogP contribution is 2.18. The van der Waals surface area contributed by atoms with Gasteiger partial charge in [0.25, 0.3) is 0 Å². The molecule has 0 aromatic heterocycles. The molecule has 0 radical (unpaired) electrons. The van der Waals surface area contributed by atoms with Crippen LogP contribution in [0.2, 0.25) is 0 Å². The van der Waals surface area contributed by atoms with Crippen LogP contribution in [0.15, 0.2) is 4.99 Å². The van der Waals surface area contributed by atoms with Crippen molar-refractivity contribution in [2.75, 3.05) is 60.0 Å². The van der Waals surface area contributed by atoms with Crippen molar-refractivity contribution >= 4 is 11.9 Å². The number of carbonyl (C=O) groups excluding carboxylic acids is 1. The summed E-state index contributed by atoms with van der Waals surface area (Å²) in [5.74, 6) is 0.833. The van der Waals surface area contributed by atoms with Gasteiger partial charge in [-0.05, 0) is 25.8 Å². The molecule has 0 spiro atoms. The van der Waals surface area contributed by atoms with Gasteiger partial charge < -0.3 is 20.3 Å². The average molecular weight is 311 g/mol. The standard InChI is InChI=1S/C15H29N5O2/c1-18(2)14(21)13-5-3-7-19(13)8-4-6-17-15(16)20-9-11-22-12-10-20/h13H,3-12H2,1-2H3,(H2,16,17). The highest BCUT2D eigenvalue weighted by Gasteiger charge is 2.30. The van der Waals surface area contributed by atoms with Crippen LogP contribution in [-0.4, -0.2) is 92.6 Å². The maximum atomic E-state index is 12.1. The molecule has 126 valence electrons. The number of hydrogen-bond acceptors (Lipinski definition) is 4. The molecule has 1 amide bonds. The fraction of sp³-hybridized carbons (Fsp3) is 0.867. The fourth-order valence-corrected chi connectivity index (χ4v) is 3.03. The summed E-state index contributed by atoms with van der Waals surface area (Å²) in [6, 6.07) is 0.0515. The lowest BCUT2D eigenvalue weighted by atomic mass is 10.2. The Bertz CT molecular complexity index is 393. The number of aliphatic imine (C=N–C) groups is 1. The number of hydrogen-bond donors (Lipinski definition) is 1. The number of carbonyl (C=O) groups is 1. The number of rotatable bonds is 5. The fourth-order valence-electron chi connectivity index (χ4n) is 3.03. The van der Waals surface area contributed by atoms with E-state index in [1.54, 1.807) is 4.90 Å². The largest absolute Gasteiger partial charge is 0.378 e. The van der Waals surface area contributed by atoms with Gasteiger partial charge in [0, 0.05) is 40.3 Å². The smallest absolute Gasteiger partial charge is 0.239 e. The first-order valence-electron chi connectivity index (χ1n) is 8.17. The number of morpholine rings is 1. The maximum Gasteiger partial charge on any atom is 0.239 e. The molecule has 0 aromatic rings. The third kappa shape index (κ3) is 4.58. The first-order chi connectivity index (χ1) is 10.6. The number of ether oxygens (including phenoxy) is 1. The number of amides is 1. The SMILES string of the molecule is CN(C)C(=O)C1CCCN1CCCN=C(N)N1CCOCC1. The van der Waals surface area contributed by atoms with E-state index in [2.05, 4.69) is 14.8 Å². The van der Waals surface area contributed by atoms with Gasteiger partial charge in [0.1, 0.15) is 0 Å². The van der Waals surface area contributed by atoms with Crippen LogP contribution in [0.5, 0.6) is 0 Å². The van der Waals surface area contributed by atoms with Crippen molar-refractivity contribution in [3.63, 3.8) is 0 Å². The van der Waals surface area contributed by atoms with Gasteiger partial charge in [-0.25, -0.2) is 0 Å². The van der Waals surface area contributed by atoms with Gasteiger partial charge in [-0.15, -0.1) is 0 Å². The zero-order valence-electron chi connectivity index (χ0n) is 13.8. The van der Waals surface area contributed by atoms with Gasteiger partial charge in [0.2, 0.25) is 5.91 Å². The minimum Gasteiger partial charge on any atom is -0.378 e. The van der Waals surface area contributed by atoms with E-state index in [-0.39, 0.29) is 11.9 Å². The third-order valence-corrected chi connectivity index (χ3v) is 4.30. The summed E-state index contributed by atoms with van der Waals surface area (Å²) in [7, 11) is 3.65. The van der Waals surface area contributed by atoms with Crippen molar-refractivity contribution < 1.29 is 9.53 Å². The molecule has 2 rings (SSSR count). The monoisotopic (exact) mass is 311 g/mol. The van der Waals surface area contributed by atoms with E-state index in [0.29, 0.717) is 12.5 Å². The molecular formula is C15H29N5O2. The molecule has 2 aliphatic rings. The normalized spacial score (nSPS) is 23.8. The van der Waals surface area contributed by atoms with E-state index in [4.69, 9.17) is 10.5 Å². The molecule has 2 fully saturated rings. The van der Waals surface area contributed by atoms with Crippen molar-refractivity contribution in [1.29, 1.82) is 0 Å². The van der Waals surface area contributed by atoms with Crippen LogP contribution in [0.3, 0.4) is 0 Å². The molecule has 0 aliphatic carbocycles. The molecule has 1 unspecified atom stereocenters. The molecular weight excluding hydrogens is 282 g/mol. The lowest BCUT2D eigenvalue weighted by Crippen LogP contribution is -2.45. The predicted molar refractivity (Wildman–Crippen MR) is 86.8 cm³/mol. The molecule has 2 heterocycles. The minimum atomic E-state index is 0.0515. The highest BCUT2D eigenvalue weighted by molar-refractivity contribution is 5.81. The van der Waals surface area contributed by atoms with Crippen LogP contribution in [-0.2, 0) is 9.53 Å². The van der Waals surface area contributed by atoms with Crippen LogP contribution in [0.25, 0.3) is 0 Å². The minimum absolute atomic E-state index is 0.0515. The van der Waals surface area contributed by atoms with Gasteiger partial charge in [-0.2, -0.15) is 0 Å². The summed E-state index contributed by atoms with van der Waals surface area (Å²) in [6.07, 6.45) is 3.00. The number of nitrogens with zero attached hydrogens (tertiary/aromatic N) is 4. The van der Waals surface area contributed by atoms with E-state index in [1.165, 1.54) is 0 Å². The third-order valence-electron chi connectivity index (χ3n) is 4.30. The summed E-state index contributed by atoms with van der Waals surface area (Å²) in [6.45, 7) is 5.71. The number of likely N-dealkylation sites (tertiary alicyclic amines) is 1. The zero-order valence-corrected chi connectivity index (χ0v) is 13.8. The molecule has 2 N–H and O–H groups in total. The molecule has 0 bridgehead atoms. The molecule has 22 heavy (non-hydrogen) atoms. The van der Waals surface area contributed by atoms with E-state index in [1.807, 2.05) is 14.1 Å². The van der Waals surface area contributed by atoms with Gasteiger partial charge in [-0.3, -0.25) is 14.7 Å².